The lowest BCUT2D eigenvalue weighted by Crippen LogP contribution is -2.30. The predicted molar refractivity (Wildman–Crippen MR) is 60.9 cm³/mol. The van der Waals surface area contributed by atoms with Crippen LogP contribution in [0.4, 0.5) is 0 Å². The molecule has 2 aliphatic rings. The molecule has 0 aromatic carbocycles. The van der Waals surface area contributed by atoms with Crippen LogP contribution in [-0.4, -0.2) is 6.04 Å². The van der Waals surface area contributed by atoms with Crippen LogP contribution in [0.15, 0.2) is 35.5 Å². The van der Waals surface area contributed by atoms with E-state index in [2.05, 4.69) is 31.2 Å². The van der Waals surface area contributed by atoms with Crippen LogP contribution in [0.5, 0.6) is 0 Å². The summed E-state index contributed by atoms with van der Waals surface area (Å²) in [6.07, 6.45) is 13.8. The van der Waals surface area contributed by atoms with Crippen LogP contribution in [0.25, 0.3) is 0 Å². The van der Waals surface area contributed by atoms with Crippen LogP contribution in [0.1, 0.15) is 32.6 Å². The van der Waals surface area contributed by atoms with Crippen LogP contribution in [0.3, 0.4) is 0 Å². The van der Waals surface area contributed by atoms with Crippen molar-refractivity contribution in [3.63, 3.8) is 0 Å². The van der Waals surface area contributed by atoms with Crippen molar-refractivity contribution in [1.82, 2.24) is 0 Å². The summed E-state index contributed by atoms with van der Waals surface area (Å²) in [5.41, 5.74) is 9.28. The number of nitrogens with two attached hydrogens (primary N) is 1. The maximum absolute atomic E-state index is 6.10. The smallest absolute Gasteiger partial charge is 0.0328 e. The molecule has 0 heterocycles. The Kier molecular flexibility index (Phi) is 2.87. The van der Waals surface area contributed by atoms with E-state index in [1.165, 1.54) is 25.7 Å². The van der Waals surface area contributed by atoms with Gasteiger partial charge in [0.2, 0.25) is 0 Å². The van der Waals surface area contributed by atoms with Gasteiger partial charge < -0.3 is 5.73 Å². The first-order valence-corrected chi connectivity index (χ1v) is 5.58. The van der Waals surface area contributed by atoms with Gasteiger partial charge in [-0.1, -0.05) is 35.5 Å². The summed E-state index contributed by atoms with van der Waals surface area (Å²) in [5, 5.41) is 0. The number of hydrogen-bond acceptors (Lipinski definition) is 1. The third-order valence-corrected chi connectivity index (χ3v) is 3.38. The first-order valence-electron chi connectivity index (χ1n) is 5.58. The van der Waals surface area contributed by atoms with Gasteiger partial charge in [0.15, 0.2) is 0 Å². The minimum Gasteiger partial charge on any atom is -0.324 e. The van der Waals surface area contributed by atoms with Crippen LogP contribution >= 0.6 is 0 Å². The molecule has 2 N–H and O–H groups in total. The maximum atomic E-state index is 6.10. The van der Waals surface area contributed by atoms with E-state index in [0.717, 1.165) is 0 Å². The topological polar surface area (TPSA) is 26.0 Å². The molecule has 0 saturated heterocycles. The monoisotopic (exact) mass is 189 g/mol. The van der Waals surface area contributed by atoms with Crippen LogP contribution in [-0.2, 0) is 0 Å². The van der Waals surface area contributed by atoms with Gasteiger partial charge in [-0.15, -0.1) is 0 Å². The van der Waals surface area contributed by atoms with Gasteiger partial charge in [-0.05, 0) is 32.6 Å². The van der Waals surface area contributed by atoms with Gasteiger partial charge in [0.25, 0.3) is 0 Å². The van der Waals surface area contributed by atoms with Crippen molar-refractivity contribution in [2.45, 2.75) is 38.6 Å². The highest BCUT2D eigenvalue weighted by Crippen LogP contribution is 2.32. The molecule has 14 heavy (non-hydrogen) atoms. The zero-order valence-corrected chi connectivity index (χ0v) is 8.87. The van der Waals surface area contributed by atoms with Crippen molar-refractivity contribution < 1.29 is 0 Å². The van der Waals surface area contributed by atoms with E-state index >= 15 is 0 Å². The number of hydrogen-bond donors (Lipinski definition) is 1. The first-order chi connectivity index (χ1) is 6.79. The fraction of sp³-hybridized carbons (Fsp3) is 0.538. The SMILES string of the molecule is CC1=C(C2C=CC=CC2N)CCCC1. The maximum Gasteiger partial charge on any atom is 0.0328 e. The molecule has 0 radical (unpaired) electrons. The normalized spacial score (nSPS) is 32.4. The van der Waals surface area contributed by atoms with Gasteiger partial charge in [0, 0.05) is 12.0 Å². The average molecular weight is 189 g/mol. The van der Waals surface area contributed by atoms with E-state index < -0.39 is 0 Å². The number of allylic oxidation sites excluding steroid dienone is 3. The Morgan fingerprint density at radius 1 is 1.14 bits per heavy atom. The van der Waals surface area contributed by atoms with E-state index in [0.29, 0.717) is 5.92 Å². The molecule has 1 heteroatoms. The summed E-state index contributed by atoms with van der Waals surface area (Å²) in [6.45, 7) is 2.27. The molecular formula is C13H19N. The highest BCUT2D eigenvalue weighted by molar-refractivity contribution is 5.30. The summed E-state index contributed by atoms with van der Waals surface area (Å²) in [5.74, 6) is 0.472. The van der Waals surface area contributed by atoms with Crippen molar-refractivity contribution in [3.8, 4) is 0 Å². The van der Waals surface area contributed by atoms with E-state index in [1.54, 1.807) is 11.1 Å². The lowest BCUT2D eigenvalue weighted by Gasteiger charge is -2.28. The minimum absolute atomic E-state index is 0.197. The van der Waals surface area contributed by atoms with Crippen molar-refractivity contribution >= 4 is 0 Å². The van der Waals surface area contributed by atoms with Gasteiger partial charge in [-0.2, -0.15) is 0 Å². The van der Waals surface area contributed by atoms with E-state index in [9.17, 15) is 0 Å². The van der Waals surface area contributed by atoms with Gasteiger partial charge in [0.05, 0.1) is 0 Å². The molecule has 76 valence electrons. The van der Waals surface area contributed by atoms with Crippen molar-refractivity contribution in [1.29, 1.82) is 0 Å². The Morgan fingerprint density at radius 3 is 2.57 bits per heavy atom. The van der Waals surface area contributed by atoms with E-state index in [-0.39, 0.29) is 6.04 Å². The molecule has 0 aromatic rings. The van der Waals surface area contributed by atoms with Crippen LogP contribution in [0.2, 0.25) is 0 Å². The Hall–Kier alpha value is -0.820. The molecule has 0 aliphatic heterocycles. The van der Waals surface area contributed by atoms with Crippen LogP contribution in [0, 0.1) is 5.92 Å². The van der Waals surface area contributed by atoms with Gasteiger partial charge in [-0.3, -0.25) is 0 Å². The van der Waals surface area contributed by atoms with E-state index in [4.69, 9.17) is 5.73 Å². The third kappa shape index (κ3) is 1.83. The first kappa shape index (κ1) is 9.72. The van der Waals surface area contributed by atoms with Crippen molar-refractivity contribution in [2.24, 2.45) is 11.7 Å². The van der Waals surface area contributed by atoms with Crippen molar-refractivity contribution in [3.05, 3.63) is 35.5 Å². The summed E-state index contributed by atoms with van der Waals surface area (Å²) in [7, 11) is 0. The quantitative estimate of drug-likeness (QED) is 0.631. The zero-order chi connectivity index (χ0) is 9.97. The molecule has 2 rings (SSSR count). The Balaban J connectivity index is 2.21. The van der Waals surface area contributed by atoms with Gasteiger partial charge in [0.1, 0.15) is 0 Å². The second-order valence-electron chi connectivity index (χ2n) is 4.39. The molecular weight excluding hydrogens is 170 g/mol. The van der Waals surface area contributed by atoms with E-state index in [1.807, 2.05) is 0 Å². The standard InChI is InChI=1S/C13H19N/c1-10-6-2-3-7-11(10)12-8-4-5-9-13(12)14/h4-5,8-9,12-13H,2-3,6-7,14H2,1H3. The molecule has 1 nitrogen and oxygen atoms in total. The molecule has 0 amide bonds. The predicted octanol–water partition coefficient (Wildman–Crippen LogP) is 2.95. The fourth-order valence-corrected chi connectivity index (χ4v) is 2.50. The van der Waals surface area contributed by atoms with Gasteiger partial charge >= 0.3 is 0 Å². The Morgan fingerprint density at radius 2 is 1.86 bits per heavy atom. The third-order valence-electron chi connectivity index (χ3n) is 3.38. The molecule has 0 spiro atoms. The lowest BCUT2D eigenvalue weighted by molar-refractivity contribution is 0.562. The second-order valence-corrected chi connectivity index (χ2v) is 4.39. The highest BCUT2D eigenvalue weighted by Gasteiger charge is 2.22. The number of rotatable bonds is 1. The molecule has 2 unspecified atom stereocenters. The summed E-state index contributed by atoms with van der Waals surface area (Å²) < 4.78 is 0. The molecule has 0 bridgehead atoms. The largest absolute Gasteiger partial charge is 0.324 e. The van der Waals surface area contributed by atoms with Crippen LogP contribution < -0.4 is 5.73 Å². The Bertz CT molecular complexity index is 296. The fourth-order valence-electron chi connectivity index (χ4n) is 2.50. The molecule has 2 atom stereocenters. The summed E-state index contributed by atoms with van der Waals surface area (Å²) >= 11 is 0. The Labute approximate surface area is 86.4 Å². The molecule has 0 aromatic heterocycles. The van der Waals surface area contributed by atoms with Gasteiger partial charge in [-0.25, -0.2) is 0 Å². The van der Waals surface area contributed by atoms with Crippen molar-refractivity contribution in [2.75, 3.05) is 0 Å². The molecule has 0 saturated carbocycles. The minimum atomic E-state index is 0.197. The molecule has 2 aliphatic carbocycles. The zero-order valence-electron chi connectivity index (χ0n) is 8.87. The summed E-state index contributed by atoms with van der Waals surface area (Å²) in [6, 6.07) is 0.197. The second kappa shape index (κ2) is 4.14. The lowest BCUT2D eigenvalue weighted by atomic mass is 9.79. The molecule has 0 fully saturated rings. The summed E-state index contributed by atoms with van der Waals surface area (Å²) in [4.78, 5) is 0. The highest BCUT2D eigenvalue weighted by atomic mass is 14.6. The average Bonchev–Trinajstić information content (AvgIpc) is 2.20.